The van der Waals surface area contributed by atoms with Crippen LogP contribution in [0.15, 0.2) is 11.1 Å². The van der Waals surface area contributed by atoms with Crippen molar-refractivity contribution in [1.29, 1.82) is 0 Å². The zero-order valence-corrected chi connectivity index (χ0v) is 11.3. The Morgan fingerprint density at radius 3 is 1.60 bits per heavy atom. The van der Waals surface area contributed by atoms with Crippen molar-refractivity contribution in [3.63, 3.8) is 0 Å². The van der Waals surface area contributed by atoms with E-state index < -0.39 is 42.3 Å². The monoisotopic (exact) mass is 288 g/mol. The number of carboxylic acid groups (broad SMARTS) is 3. The van der Waals surface area contributed by atoms with Gasteiger partial charge in [-0.3, -0.25) is 14.4 Å². The van der Waals surface area contributed by atoms with Crippen LogP contribution in [0.5, 0.6) is 0 Å². The molecule has 0 saturated carbocycles. The Kier molecular flexibility index (Phi) is 5.89. The van der Waals surface area contributed by atoms with Crippen LogP contribution in [0.4, 0.5) is 0 Å². The number of carbonyl (C=O) groups is 4. The summed E-state index contributed by atoms with van der Waals surface area (Å²) in [6.45, 7) is 4.17. The fourth-order valence-electron chi connectivity index (χ4n) is 1.20. The van der Waals surface area contributed by atoms with Crippen molar-refractivity contribution in [3.05, 3.63) is 11.1 Å². The number of hydrogen-bond acceptors (Lipinski definition) is 5. The first-order chi connectivity index (χ1) is 9.07. The van der Waals surface area contributed by atoms with E-state index in [-0.39, 0.29) is 5.57 Å². The molecule has 0 amide bonds. The normalized spacial score (nSPS) is 10.6. The first-order valence-corrected chi connectivity index (χ1v) is 5.58. The highest BCUT2D eigenvalue weighted by Crippen LogP contribution is 2.24. The number of aliphatic carboxylic acids is 3. The molecule has 0 heterocycles. The molecular weight excluding hydrogens is 272 g/mol. The molecular formula is C12H16O8. The molecule has 0 aliphatic heterocycles. The zero-order chi connectivity index (χ0) is 16.1. The minimum atomic E-state index is -3.03. The van der Waals surface area contributed by atoms with Gasteiger partial charge in [-0.25, -0.2) is 4.79 Å². The number of esters is 1. The van der Waals surface area contributed by atoms with Gasteiger partial charge in [0.1, 0.15) is 0 Å². The minimum Gasteiger partial charge on any atom is -0.480 e. The molecule has 0 aliphatic rings. The fraction of sp³-hybridized carbons (Fsp3) is 0.500. The molecule has 0 aromatic heterocycles. The van der Waals surface area contributed by atoms with E-state index in [0.717, 1.165) is 0 Å². The molecule has 0 spiro atoms. The van der Waals surface area contributed by atoms with Crippen LogP contribution in [0, 0.1) is 5.41 Å². The molecule has 112 valence electrons. The molecule has 8 heteroatoms. The van der Waals surface area contributed by atoms with Crippen molar-refractivity contribution in [2.75, 3.05) is 6.61 Å². The second-order valence-corrected chi connectivity index (χ2v) is 4.33. The minimum absolute atomic E-state index is 0.288. The number of allylic oxidation sites excluding steroid dienone is 1. The number of ether oxygens (including phenoxy) is 1. The van der Waals surface area contributed by atoms with Crippen LogP contribution in [-0.4, -0.2) is 45.8 Å². The number of rotatable bonds is 7. The molecule has 0 saturated heterocycles. The molecule has 0 fully saturated rings. The standard InChI is InChI=1S/C12H16O8/c1-6(2)7(3)8(13)20-5-4-12(9(14)15,10(16)17)11(18)19/h4-5H2,1-3H3,(H,14,15)(H,16,17)(H,18,19). The van der Waals surface area contributed by atoms with Gasteiger partial charge in [0.2, 0.25) is 0 Å². The van der Waals surface area contributed by atoms with Crippen molar-refractivity contribution < 1.29 is 39.2 Å². The topological polar surface area (TPSA) is 138 Å². The Hall–Kier alpha value is -2.38. The third-order valence-corrected chi connectivity index (χ3v) is 2.86. The predicted octanol–water partition coefficient (Wildman–Crippen LogP) is 0.516. The quantitative estimate of drug-likeness (QED) is 0.350. The molecule has 20 heavy (non-hydrogen) atoms. The maximum absolute atomic E-state index is 11.5. The molecule has 0 radical (unpaired) electrons. The van der Waals surface area contributed by atoms with Gasteiger partial charge in [-0.1, -0.05) is 5.57 Å². The van der Waals surface area contributed by atoms with Crippen molar-refractivity contribution in [2.24, 2.45) is 5.41 Å². The second-order valence-electron chi connectivity index (χ2n) is 4.33. The van der Waals surface area contributed by atoms with Gasteiger partial charge in [-0.15, -0.1) is 0 Å². The Balaban J connectivity index is 4.96. The predicted molar refractivity (Wildman–Crippen MR) is 65.0 cm³/mol. The van der Waals surface area contributed by atoms with E-state index in [1.54, 1.807) is 13.8 Å². The van der Waals surface area contributed by atoms with Crippen LogP contribution in [0.3, 0.4) is 0 Å². The lowest BCUT2D eigenvalue weighted by Crippen LogP contribution is -2.47. The average Bonchev–Trinajstić information content (AvgIpc) is 2.31. The highest BCUT2D eigenvalue weighted by atomic mass is 16.5. The SMILES string of the molecule is CC(C)=C(C)C(=O)OCCC(C(=O)O)(C(=O)O)C(=O)O. The third-order valence-electron chi connectivity index (χ3n) is 2.86. The van der Waals surface area contributed by atoms with Crippen LogP contribution >= 0.6 is 0 Å². The number of carbonyl (C=O) groups excluding carboxylic acids is 1. The lowest BCUT2D eigenvalue weighted by Gasteiger charge is -2.19. The Labute approximate surface area is 114 Å². The molecule has 0 bridgehead atoms. The summed E-state index contributed by atoms with van der Waals surface area (Å²) >= 11 is 0. The summed E-state index contributed by atoms with van der Waals surface area (Å²) in [4.78, 5) is 44.2. The van der Waals surface area contributed by atoms with Gasteiger partial charge in [-0.05, 0) is 20.8 Å². The van der Waals surface area contributed by atoms with E-state index >= 15 is 0 Å². The number of hydrogen-bond donors (Lipinski definition) is 3. The Bertz CT molecular complexity index is 434. The van der Waals surface area contributed by atoms with Gasteiger partial charge in [0.25, 0.3) is 5.41 Å². The van der Waals surface area contributed by atoms with Crippen LogP contribution in [0.25, 0.3) is 0 Å². The summed E-state index contributed by atoms with van der Waals surface area (Å²) in [5.74, 6) is -6.81. The first kappa shape index (κ1) is 17.6. The maximum Gasteiger partial charge on any atom is 0.333 e. The van der Waals surface area contributed by atoms with E-state index in [9.17, 15) is 19.2 Å². The summed E-state index contributed by atoms with van der Waals surface area (Å²) < 4.78 is 4.68. The summed E-state index contributed by atoms with van der Waals surface area (Å²) in [6, 6.07) is 0. The first-order valence-electron chi connectivity index (χ1n) is 5.58. The van der Waals surface area contributed by atoms with Crippen LogP contribution < -0.4 is 0 Å². The molecule has 8 nitrogen and oxygen atoms in total. The molecule has 0 rings (SSSR count). The highest BCUT2D eigenvalue weighted by Gasteiger charge is 2.54. The van der Waals surface area contributed by atoms with E-state index in [1.807, 2.05) is 0 Å². The average molecular weight is 288 g/mol. The molecule has 0 aliphatic carbocycles. The van der Waals surface area contributed by atoms with Crippen LogP contribution in [0.2, 0.25) is 0 Å². The summed E-state index contributed by atoms with van der Waals surface area (Å²) in [5, 5.41) is 26.4. The van der Waals surface area contributed by atoms with E-state index in [0.29, 0.717) is 5.57 Å². The lowest BCUT2D eigenvalue weighted by atomic mass is 9.85. The maximum atomic E-state index is 11.5. The molecule has 3 N–H and O–H groups in total. The smallest absolute Gasteiger partial charge is 0.333 e. The third kappa shape index (κ3) is 3.56. The van der Waals surface area contributed by atoms with Gasteiger partial charge in [0.05, 0.1) is 6.61 Å². The van der Waals surface area contributed by atoms with Crippen LogP contribution in [-0.2, 0) is 23.9 Å². The van der Waals surface area contributed by atoms with Gasteiger partial charge in [0.15, 0.2) is 0 Å². The second kappa shape index (κ2) is 6.69. The van der Waals surface area contributed by atoms with Crippen molar-refractivity contribution in [2.45, 2.75) is 27.2 Å². The molecule has 0 unspecified atom stereocenters. The highest BCUT2D eigenvalue weighted by molar-refractivity contribution is 6.16. The molecule has 0 aromatic carbocycles. The summed E-state index contributed by atoms with van der Waals surface area (Å²) in [6.07, 6.45) is -0.866. The van der Waals surface area contributed by atoms with E-state index in [2.05, 4.69) is 4.74 Å². The summed E-state index contributed by atoms with van der Waals surface area (Å²) in [5.41, 5.74) is -2.06. The fourth-order valence-corrected chi connectivity index (χ4v) is 1.20. The van der Waals surface area contributed by atoms with Gasteiger partial charge in [-0.2, -0.15) is 0 Å². The van der Waals surface area contributed by atoms with Gasteiger partial charge < -0.3 is 20.1 Å². The van der Waals surface area contributed by atoms with Crippen molar-refractivity contribution >= 4 is 23.9 Å². The summed E-state index contributed by atoms with van der Waals surface area (Å²) in [7, 11) is 0. The number of carboxylic acids is 3. The largest absolute Gasteiger partial charge is 0.480 e. The lowest BCUT2D eigenvalue weighted by molar-refractivity contribution is -0.178. The van der Waals surface area contributed by atoms with Crippen molar-refractivity contribution in [3.8, 4) is 0 Å². The van der Waals surface area contributed by atoms with Gasteiger partial charge >= 0.3 is 23.9 Å². The van der Waals surface area contributed by atoms with E-state index in [1.165, 1.54) is 6.92 Å². The zero-order valence-electron chi connectivity index (χ0n) is 11.3. The Morgan fingerprint density at radius 1 is 0.900 bits per heavy atom. The molecule has 0 aromatic rings. The molecule has 0 atom stereocenters. The Morgan fingerprint density at radius 2 is 1.30 bits per heavy atom. The van der Waals surface area contributed by atoms with Crippen LogP contribution in [0.1, 0.15) is 27.2 Å². The van der Waals surface area contributed by atoms with Gasteiger partial charge in [0, 0.05) is 12.0 Å². The van der Waals surface area contributed by atoms with E-state index in [4.69, 9.17) is 15.3 Å². The van der Waals surface area contributed by atoms with Crippen molar-refractivity contribution in [1.82, 2.24) is 0 Å².